The van der Waals surface area contributed by atoms with Gasteiger partial charge in [-0.1, -0.05) is 24.3 Å². The molecule has 1 saturated heterocycles. The number of hydrogen-bond acceptors (Lipinski definition) is 5. The van der Waals surface area contributed by atoms with E-state index in [-0.39, 0.29) is 0 Å². The van der Waals surface area contributed by atoms with Crippen LogP contribution in [0.5, 0.6) is 0 Å². The van der Waals surface area contributed by atoms with Crippen LogP contribution in [0.4, 0.5) is 11.8 Å². The van der Waals surface area contributed by atoms with Crippen molar-refractivity contribution in [1.29, 1.82) is 0 Å². The summed E-state index contributed by atoms with van der Waals surface area (Å²) in [6.45, 7) is 3.00. The van der Waals surface area contributed by atoms with Gasteiger partial charge in [0.05, 0.1) is 5.69 Å². The average Bonchev–Trinajstić information content (AvgIpc) is 3.27. The molecule has 24 heavy (non-hydrogen) atoms. The number of anilines is 2. The van der Waals surface area contributed by atoms with Gasteiger partial charge in [-0.05, 0) is 35.7 Å². The lowest BCUT2D eigenvalue weighted by atomic mass is 10.0. The molecule has 5 rings (SSSR count). The Hall–Kier alpha value is -2.56. The number of nitrogens with zero attached hydrogens (tertiary/aromatic N) is 3. The Labute approximate surface area is 141 Å². The fourth-order valence-corrected chi connectivity index (χ4v) is 4.27. The van der Waals surface area contributed by atoms with Gasteiger partial charge in [-0.15, -0.1) is 0 Å². The number of hydrogen-bond donors (Lipinski definition) is 2. The van der Waals surface area contributed by atoms with E-state index in [1.807, 2.05) is 0 Å². The summed E-state index contributed by atoms with van der Waals surface area (Å²) < 4.78 is 0. The molecule has 5 nitrogen and oxygen atoms in total. The first-order valence-electron chi connectivity index (χ1n) is 8.65. The van der Waals surface area contributed by atoms with Crippen molar-refractivity contribution in [3.8, 4) is 0 Å². The maximum absolute atomic E-state index is 6.04. The van der Waals surface area contributed by atoms with Gasteiger partial charge in [-0.2, -0.15) is 4.98 Å². The fraction of sp³-hybridized carbons (Fsp3) is 0.368. The molecule has 0 amide bonds. The number of nitrogens with two attached hydrogens (primary N) is 1. The Kier molecular flexibility index (Phi) is 3.01. The highest BCUT2D eigenvalue weighted by Gasteiger charge is 2.32. The highest BCUT2D eigenvalue weighted by molar-refractivity contribution is 5.50. The summed E-state index contributed by atoms with van der Waals surface area (Å²) in [5.74, 6) is 2.39. The first-order valence-corrected chi connectivity index (χ1v) is 8.65. The van der Waals surface area contributed by atoms with Crippen LogP contribution in [0.1, 0.15) is 22.7 Å². The zero-order valence-electron chi connectivity index (χ0n) is 13.6. The Balaban J connectivity index is 1.43. The van der Waals surface area contributed by atoms with Gasteiger partial charge in [-0.3, -0.25) is 0 Å². The third-order valence-corrected chi connectivity index (χ3v) is 5.53. The molecule has 3 N–H and O–H groups in total. The number of nitrogens with one attached hydrogen (secondary N) is 1. The predicted molar refractivity (Wildman–Crippen MR) is 94.8 cm³/mol. The quantitative estimate of drug-likeness (QED) is 0.884. The van der Waals surface area contributed by atoms with Crippen molar-refractivity contribution in [3.05, 3.63) is 58.9 Å². The van der Waals surface area contributed by atoms with Crippen molar-refractivity contribution in [3.63, 3.8) is 0 Å². The molecule has 1 aromatic carbocycles. The summed E-state index contributed by atoms with van der Waals surface area (Å²) in [7, 11) is 0. The van der Waals surface area contributed by atoms with Crippen LogP contribution in [0.25, 0.3) is 0 Å². The van der Waals surface area contributed by atoms with Crippen molar-refractivity contribution in [2.75, 3.05) is 30.3 Å². The summed E-state index contributed by atoms with van der Waals surface area (Å²) in [5, 5.41) is 3.33. The van der Waals surface area contributed by atoms with Gasteiger partial charge in [0, 0.05) is 37.5 Å². The van der Waals surface area contributed by atoms with Gasteiger partial charge in [-0.25, -0.2) is 4.98 Å². The summed E-state index contributed by atoms with van der Waals surface area (Å²) in [6, 6.07) is 10.8. The molecular formula is C19H21N5. The molecule has 2 aliphatic heterocycles. The minimum absolute atomic E-state index is 0.391. The van der Waals surface area contributed by atoms with Crippen molar-refractivity contribution in [2.45, 2.75) is 18.8 Å². The van der Waals surface area contributed by atoms with E-state index >= 15 is 0 Å². The lowest BCUT2D eigenvalue weighted by molar-refractivity contribution is 0.673. The molecule has 0 bridgehead atoms. The maximum Gasteiger partial charge on any atom is 0.222 e. The molecule has 0 saturated carbocycles. The molecule has 1 unspecified atom stereocenters. The Bertz CT molecular complexity index is 803. The van der Waals surface area contributed by atoms with Crippen molar-refractivity contribution in [2.24, 2.45) is 5.92 Å². The van der Waals surface area contributed by atoms with E-state index in [4.69, 9.17) is 5.73 Å². The van der Waals surface area contributed by atoms with Crippen LogP contribution in [-0.4, -0.2) is 29.6 Å². The smallest absolute Gasteiger partial charge is 0.222 e. The summed E-state index contributed by atoms with van der Waals surface area (Å²) in [6.07, 6.45) is 4.25. The van der Waals surface area contributed by atoms with Crippen LogP contribution in [0.15, 0.2) is 42.1 Å². The number of nitrogen functional groups attached to an aromatic ring is 1. The average molecular weight is 319 g/mol. The zero-order chi connectivity index (χ0) is 16.1. The first-order chi connectivity index (χ1) is 11.8. The molecule has 1 aromatic heterocycles. The second-order valence-electron chi connectivity index (χ2n) is 7.09. The molecule has 0 radical (unpaired) electrons. The Morgan fingerprint density at radius 3 is 2.62 bits per heavy atom. The topological polar surface area (TPSA) is 67.1 Å². The fourth-order valence-electron chi connectivity index (χ4n) is 4.27. The number of rotatable bonds is 2. The van der Waals surface area contributed by atoms with Crippen molar-refractivity contribution >= 4 is 11.8 Å². The number of fused-ring (bicyclic) bond motifs is 2. The van der Waals surface area contributed by atoms with Gasteiger partial charge in [0.25, 0.3) is 0 Å². The van der Waals surface area contributed by atoms with Gasteiger partial charge in [0.15, 0.2) is 0 Å². The zero-order valence-corrected chi connectivity index (χ0v) is 13.6. The monoisotopic (exact) mass is 319 g/mol. The lowest BCUT2D eigenvalue weighted by Gasteiger charge is -2.19. The van der Waals surface area contributed by atoms with Crippen LogP contribution in [0.2, 0.25) is 0 Å². The normalized spacial score (nSPS) is 22.2. The van der Waals surface area contributed by atoms with Crippen LogP contribution < -0.4 is 16.0 Å². The van der Waals surface area contributed by atoms with Gasteiger partial charge >= 0.3 is 0 Å². The molecule has 3 aliphatic rings. The number of benzene rings is 1. The third kappa shape index (κ3) is 2.23. The second-order valence-corrected chi connectivity index (χ2v) is 7.09. The standard InChI is InChI=1S/C19H21N5/c20-19-22-17(14-5-12-3-1-2-4-13(12)6-14)7-18(23-19)24-10-15-8-21-9-16(15)11-24/h1-4,7-8,14,16,21H,5-6,9-11H2,(H2,20,22,23). The third-order valence-electron chi connectivity index (χ3n) is 5.53. The second kappa shape index (κ2) is 5.23. The molecule has 122 valence electrons. The molecule has 5 heteroatoms. The maximum atomic E-state index is 6.04. The van der Waals surface area contributed by atoms with Crippen LogP contribution in [0.3, 0.4) is 0 Å². The molecular weight excluding hydrogens is 298 g/mol. The van der Waals surface area contributed by atoms with E-state index in [1.165, 1.54) is 16.7 Å². The van der Waals surface area contributed by atoms with E-state index in [1.54, 1.807) is 0 Å². The van der Waals surface area contributed by atoms with E-state index in [0.717, 1.165) is 44.0 Å². The van der Waals surface area contributed by atoms with Crippen molar-refractivity contribution < 1.29 is 0 Å². The largest absolute Gasteiger partial charge is 0.390 e. The number of aromatic nitrogens is 2. The molecule has 3 heterocycles. The minimum atomic E-state index is 0.391. The van der Waals surface area contributed by atoms with Gasteiger partial charge in [0.1, 0.15) is 5.82 Å². The van der Waals surface area contributed by atoms with Gasteiger partial charge in [0.2, 0.25) is 5.95 Å². The van der Waals surface area contributed by atoms with E-state index in [0.29, 0.717) is 17.8 Å². The SMILES string of the molecule is Nc1nc(C2Cc3ccccc3C2)cc(N2CC3=CNCC3C2)n1. The molecule has 1 fully saturated rings. The highest BCUT2D eigenvalue weighted by Crippen LogP contribution is 2.35. The summed E-state index contributed by atoms with van der Waals surface area (Å²) in [4.78, 5) is 11.4. The Morgan fingerprint density at radius 1 is 1.08 bits per heavy atom. The van der Waals surface area contributed by atoms with Gasteiger partial charge < -0.3 is 16.0 Å². The highest BCUT2D eigenvalue weighted by atomic mass is 15.2. The van der Waals surface area contributed by atoms with E-state index in [9.17, 15) is 0 Å². The van der Waals surface area contributed by atoms with E-state index in [2.05, 4.69) is 56.7 Å². The van der Waals surface area contributed by atoms with Crippen LogP contribution in [-0.2, 0) is 12.8 Å². The van der Waals surface area contributed by atoms with Crippen LogP contribution in [0, 0.1) is 5.92 Å². The summed E-state index contributed by atoms with van der Waals surface area (Å²) >= 11 is 0. The summed E-state index contributed by atoms with van der Waals surface area (Å²) in [5.41, 5.74) is 11.5. The minimum Gasteiger partial charge on any atom is -0.390 e. The van der Waals surface area contributed by atoms with Crippen molar-refractivity contribution in [1.82, 2.24) is 15.3 Å². The Morgan fingerprint density at radius 2 is 1.88 bits per heavy atom. The molecule has 1 atom stereocenters. The molecule has 1 aliphatic carbocycles. The lowest BCUT2D eigenvalue weighted by Crippen LogP contribution is -2.25. The first kappa shape index (κ1) is 13.8. The van der Waals surface area contributed by atoms with E-state index < -0.39 is 0 Å². The predicted octanol–water partition coefficient (Wildman–Crippen LogP) is 1.86. The molecule has 2 aromatic rings. The van der Waals surface area contributed by atoms with Crippen LogP contribution >= 0.6 is 0 Å². The molecule has 0 spiro atoms.